The van der Waals surface area contributed by atoms with E-state index in [1.807, 2.05) is 0 Å². The van der Waals surface area contributed by atoms with Crippen LogP contribution < -0.4 is 0 Å². The molecule has 0 aromatic carbocycles. The predicted octanol–water partition coefficient (Wildman–Crippen LogP) is -0.639. The van der Waals surface area contributed by atoms with E-state index in [-0.39, 0.29) is 0 Å². The summed E-state index contributed by atoms with van der Waals surface area (Å²) in [6.07, 6.45) is -3.35. The normalized spacial score (nSPS) is 34.8. The topological polar surface area (TPSA) is 40.5 Å². The summed E-state index contributed by atoms with van der Waals surface area (Å²) in [5.74, 6) is 0. The molecule has 32 valence electrons. The second-order valence-corrected chi connectivity index (χ2v) is 0.349. The molecule has 2 heteroatoms. The zero-order valence-corrected chi connectivity index (χ0v) is 2.39. The van der Waals surface area contributed by atoms with Crippen LogP contribution in [0.15, 0.2) is 0 Å². The molecule has 0 aliphatic rings. The fourth-order valence-electron chi connectivity index (χ4n) is 0.0250. The van der Waals surface area contributed by atoms with Crippen LogP contribution >= 0.6 is 0 Å². The molecule has 0 atom stereocenters. The Balaban J connectivity index is 4.75. The Morgan fingerprint density at radius 2 is 1.80 bits per heavy atom. The van der Waals surface area contributed by atoms with Gasteiger partial charge in [0.1, 0.15) is 0 Å². The minimum absolute atomic E-state index is 3.35. The zero-order chi connectivity index (χ0) is 9.50. The third kappa shape index (κ3) is 3.92. The van der Waals surface area contributed by atoms with E-state index in [0.29, 0.717) is 0 Å². The Hall–Kier alpha value is -0.0800. The molecule has 0 saturated heterocycles. The van der Waals surface area contributed by atoms with Crippen molar-refractivity contribution < 1.29 is 18.4 Å². The van der Waals surface area contributed by atoms with Crippen LogP contribution in [-0.2, 0) is 0 Å². The Morgan fingerprint density at radius 1 is 1.40 bits per heavy atom. The summed E-state index contributed by atoms with van der Waals surface area (Å²) in [5.41, 5.74) is 0. The molecule has 2 nitrogen and oxygen atoms in total. The average molecular weight is 82.1 g/mol. The molecular weight excluding hydrogens is 68.0 g/mol. The minimum Gasteiger partial charge on any atom is -0.396 e. The van der Waals surface area contributed by atoms with Crippen molar-refractivity contribution in [3.05, 3.63) is 0 Å². The minimum atomic E-state index is -3.41. The first-order valence-corrected chi connectivity index (χ1v) is 0.947. The van der Waals surface area contributed by atoms with E-state index < -0.39 is 19.5 Å². The second-order valence-electron chi connectivity index (χ2n) is 0.349. The summed E-state index contributed by atoms with van der Waals surface area (Å²) in [4.78, 5) is 0. The lowest BCUT2D eigenvalue weighted by Gasteiger charge is -1.79. The summed E-state index contributed by atoms with van der Waals surface area (Å²) in [6.45, 7) is -6.82. The van der Waals surface area contributed by atoms with Gasteiger partial charge in [-0.05, 0) is 6.37 Å². The molecule has 0 aromatic rings. The van der Waals surface area contributed by atoms with Gasteiger partial charge in [0.15, 0.2) is 0 Å². The van der Waals surface area contributed by atoms with E-state index in [1.54, 1.807) is 0 Å². The van der Waals surface area contributed by atoms with Gasteiger partial charge in [-0.1, -0.05) is 0 Å². The first kappa shape index (κ1) is 0.768. The molecule has 2 N–H and O–H groups in total. The fourth-order valence-corrected chi connectivity index (χ4v) is 0.0250. The molecular formula is C3H8O2. The molecule has 0 heterocycles. The van der Waals surface area contributed by atoms with Gasteiger partial charge in [-0.25, -0.2) is 0 Å². The molecule has 0 rings (SSSR count). The lowest BCUT2D eigenvalue weighted by molar-refractivity contribution is 0.221. The SMILES string of the molecule is [2H]C([2H])(O)C([2H])([2H])C([2H])([2H])O. The van der Waals surface area contributed by atoms with E-state index in [1.165, 1.54) is 0 Å². The second kappa shape index (κ2) is 3.92. The average Bonchev–Trinajstić information content (AvgIpc) is 1.58. The molecule has 0 spiro atoms. The van der Waals surface area contributed by atoms with Crippen molar-refractivity contribution in [1.29, 1.82) is 0 Å². The molecule has 0 fully saturated rings. The Bertz CT molecular complexity index is 127. The summed E-state index contributed by atoms with van der Waals surface area (Å²) in [6, 6.07) is 0. The highest BCUT2D eigenvalue weighted by Gasteiger charge is 1.70. The first-order chi connectivity index (χ1) is 4.50. The van der Waals surface area contributed by atoms with Crippen molar-refractivity contribution >= 4 is 0 Å². The Morgan fingerprint density at radius 3 is 1.80 bits per heavy atom. The Kier molecular flexibility index (Phi) is 0.602. The molecule has 5 heavy (non-hydrogen) atoms. The molecule has 0 unspecified atom stereocenters. The molecule has 0 bridgehead atoms. The first-order valence-electron chi connectivity index (χ1n) is 3.95. The van der Waals surface area contributed by atoms with Crippen LogP contribution in [0.25, 0.3) is 0 Å². The molecule has 0 aliphatic carbocycles. The number of hydrogen-bond acceptors (Lipinski definition) is 2. The smallest absolute Gasteiger partial charge is 0.0565 e. The van der Waals surface area contributed by atoms with Gasteiger partial charge in [0, 0.05) is 15.9 Å². The van der Waals surface area contributed by atoms with Gasteiger partial charge >= 0.3 is 0 Å². The van der Waals surface area contributed by atoms with Gasteiger partial charge in [-0.3, -0.25) is 0 Å². The van der Waals surface area contributed by atoms with E-state index in [2.05, 4.69) is 0 Å². The fraction of sp³-hybridized carbons (Fsp3) is 1.00. The van der Waals surface area contributed by atoms with Crippen LogP contribution in [0.2, 0.25) is 0 Å². The van der Waals surface area contributed by atoms with Gasteiger partial charge < -0.3 is 10.2 Å². The maximum Gasteiger partial charge on any atom is 0.0565 e. The summed E-state index contributed by atoms with van der Waals surface area (Å²) in [7, 11) is 0. The van der Waals surface area contributed by atoms with Crippen molar-refractivity contribution in [2.75, 3.05) is 13.1 Å². The highest BCUT2D eigenvalue weighted by molar-refractivity contribution is 4.22. The zero-order valence-electron chi connectivity index (χ0n) is 8.39. The third-order valence-corrected chi connectivity index (χ3v) is 0.112. The summed E-state index contributed by atoms with van der Waals surface area (Å²) >= 11 is 0. The number of aliphatic hydroxyl groups is 2. The molecule has 0 aliphatic heterocycles. The van der Waals surface area contributed by atoms with Gasteiger partial charge in [0.2, 0.25) is 0 Å². The van der Waals surface area contributed by atoms with Gasteiger partial charge in [0.25, 0.3) is 0 Å². The standard InChI is InChI=1S/C3H8O2/c4-2-1-3-5/h4-5H,1-3H2/i1D2,2D2,3D2. The van der Waals surface area contributed by atoms with Crippen LogP contribution in [0.4, 0.5) is 0 Å². The summed E-state index contributed by atoms with van der Waals surface area (Å²) < 4.78 is 39.0. The van der Waals surface area contributed by atoms with Gasteiger partial charge in [0.05, 0.1) is 5.48 Å². The van der Waals surface area contributed by atoms with Crippen LogP contribution in [0.5, 0.6) is 0 Å². The van der Waals surface area contributed by atoms with E-state index in [0.717, 1.165) is 0 Å². The van der Waals surface area contributed by atoms with Crippen LogP contribution in [0, 0.1) is 0 Å². The monoisotopic (exact) mass is 82.1 g/mol. The number of hydrogen-bond donors (Lipinski definition) is 2. The van der Waals surface area contributed by atoms with Crippen LogP contribution in [-0.4, -0.2) is 23.3 Å². The quantitative estimate of drug-likeness (QED) is 0.465. The predicted molar refractivity (Wildman–Crippen MR) is 18.8 cm³/mol. The van der Waals surface area contributed by atoms with Gasteiger partial charge in [-0.15, -0.1) is 0 Å². The number of rotatable bonds is 2. The highest BCUT2D eigenvalue weighted by Crippen LogP contribution is 1.65. The maximum atomic E-state index is 8.44. The molecule has 0 saturated carbocycles. The largest absolute Gasteiger partial charge is 0.396 e. The lowest BCUT2D eigenvalue weighted by Crippen LogP contribution is -1.85. The lowest BCUT2D eigenvalue weighted by atomic mass is 10.5. The third-order valence-electron chi connectivity index (χ3n) is 0.112. The van der Waals surface area contributed by atoms with Crippen molar-refractivity contribution in [2.45, 2.75) is 6.37 Å². The Labute approximate surface area is 39.5 Å². The van der Waals surface area contributed by atoms with Crippen molar-refractivity contribution in [3.8, 4) is 0 Å². The molecule has 0 amide bonds. The van der Waals surface area contributed by atoms with Crippen molar-refractivity contribution in [1.82, 2.24) is 0 Å². The van der Waals surface area contributed by atoms with Crippen molar-refractivity contribution in [2.24, 2.45) is 0 Å². The maximum absolute atomic E-state index is 8.44. The van der Waals surface area contributed by atoms with Gasteiger partial charge in [-0.2, -0.15) is 0 Å². The van der Waals surface area contributed by atoms with E-state index in [4.69, 9.17) is 18.4 Å². The van der Waals surface area contributed by atoms with E-state index in [9.17, 15) is 0 Å². The molecule has 0 radical (unpaired) electrons. The van der Waals surface area contributed by atoms with Crippen molar-refractivity contribution in [3.63, 3.8) is 0 Å². The van der Waals surface area contributed by atoms with Crippen LogP contribution in [0.1, 0.15) is 14.6 Å². The molecule has 0 aromatic heterocycles. The highest BCUT2D eigenvalue weighted by atomic mass is 16.3. The summed E-state index contributed by atoms with van der Waals surface area (Å²) in [5, 5.41) is 16.9. The van der Waals surface area contributed by atoms with Crippen LogP contribution in [0.3, 0.4) is 0 Å². The van der Waals surface area contributed by atoms with E-state index >= 15 is 0 Å².